The molecule has 0 aromatic heterocycles. The summed E-state index contributed by atoms with van der Waals surface area (Å²) in [5.74, 6) is 0.214. The molecule has 1 amide bonds. The lowest BCUT2D eigenvalue weighted by Crippen LogP contribution is -2.38. The average Bonchev–Trinajstić information content (AvgIpc) is 2.92. The molecule has 0 spiro atoms. The number of hydrogen-bond acceptors (Lipinski definition) is 6. The number of carbonyl (C=O) groups is 1. The minimum atomic E-state index is -4.12. The van der Waals surface area contributed by atoms with Gasteiger partial charge in [0.05, 0.1) is 15.5 Å². The van der Waals surface area contributed by atoms with Gasteiger partial charge in [-0.15, -0.1) is 11.8 Å². The third-order valence-electron chi connectivity index (χ3n) is 5.35. The Labute approximate surface area is 219 Å². The number of sulfonamides is 1. The number of hydrogen-bond donors (Lipinski definition) is 1. The van der Waals surface area contributed by atoms with Gasteiger partial charge >= 0.3 is 0 Å². The number of nitro benzene ring substituents is 1. The number of carbonyl (C=O) groups excluding carboxylic acids is 1. The summed E-state index contributed by atoms with van der Waals surface area (Å²) in [5, 5.41) is 13.8. The second kappa shape index (κ2) is 11.7. The number of amides is 1. The Balaban J connectivity index is 1.49. The molecule has 0 unspecified atom stereocenters. The molecule has 0 aliphatic heterocycles. The monoisotopic (exact) mass is 533 g/mol. The summed E-state index contributed by atoms with van der Waals surface area (Å²) in [5.41, 5.74) is 1.55. The molecule has 0 saturated carbocycles. The maximum atomic E-state index is 13.4. The molecule has 0 atom stereocenters. The highest BCUT2D eigenvalue weighted by atomic mass is 32.2. The molecule has 188 valence electrons. The van der Waals surface area contributed by atoms with Gasteiger partial charge in [0.2, 0.25) is 5.91 Å². The molecule has 4 aromatic carbocycles. The zero-order valence-electron chi connectivity index (χ0n) is 19.6. The second-order valence-electron chi connectivity index (χ2n) is 7.95. The normalized spacial score (nSPS) is 11.0. The van der Waals surface area contributed by atoms with Crippen LogP contribution in [0.1, 0.15) is 5.56 Å². The number of non-ortho nitro benzene ring substituents is 1. The molecule has 0 saturated heterocycles. The van der Waals surface area contributed by atoms with Crippen LogP contribution in [0.4, 0.5) is 17.1 Å². The number of benzene rings is 4. The highest BCUT2D eigenvalue weighted by molar-refractivity contribution is 7.98. The van der Waals surface area contributed by atoms with Crippen LogP contribution in [-0.4, -0.2) is 25.8 Å². The van der Waals surface area contributed by atoms with Crippen molar-refractivity contribution in [3.05, 3.63) is 125 Å². The minimum absolute atomic E-state index is 0.00132. The second-order valence-corrected chi connectivity index (χ2v) is 10.9. The van der Waals surface area contributed by atoms with Crippen molar-refractivity contribution in [2.24, 2.45) is 0 Å². The SMILES string of the molecule is O=C(CN(c1ccc([N+](=O)[O-])cc1)S(=O)(=O)c1ccccc1)Nc1ccc(CSc2ccccc2)cc1. The Morgan fingerprint density at radius 2 is 1.43 bits per heavy atom. The zero-order valence-corrected chi connectivity index (χ0v) is 21.2. The first-order chi connectivity index (χ1) is 17.8. The van der Waals surface area contributed by atoms with Gasteiger partial charge in [-0.1, -0.05) is 48.5 Å². The van der Waals surface area contributed by atoms with Crippen molar-refractivity contribution in [3.8, 4) is 0 Å². The van der Waals surface area contributed by atoms with Crippen molar-refractivity contribution in [1.82, 2.24) is 0 Å². The van der Waals surface area contributed by atoms with Gasteiger partial charge in [0.25, 0.3) is 15.7 Å². The molecule has 1 N–H and O–H groups in total. The molecule has 4 aromatic rings. The molecule has 0 aliphatic carbocycles. The van der Waals surface area contributed by atoms with Crippen molar-refractivity contribution >= 4 is 44.8 Å². The highest BCUT2D eigenvalue weighted by Crippen LogP contribution is 2.26. The Kier molecular flexibility index (Phi) is 8.22. The van der Waals surface area contributed by atoms with Gasteiger partial charge in [-0.25, -0.2) is 8.42 Å². The van der Waals surface area contributed by atoms with Gasteiger partial charge in [0.15, 0.2) is 0 Å². The van der Waals surface area contributed by atoms with Crippen LogP contribution < -0.4 is 9.62 Å². The van der Waals surface area contributed by atoms with Crippen LogP contribution in [0.25, 0.3) is 0 Å². The first-order valence-electron chi connectivity index (χ1n) is 11.2. The summed E-state index contributed by atoms with van der Waals surface area (Å²) in [6.07, 6.45) is 0. The minimum Gasteiger partial charge on any atom is -0.325 e. The fourth-order valence-electron chi connectivity index (χ4n) is 3.47. The Bertz CT molecular complexity index is 1460. The van der Waals surface area contributed by atoms with E-state index in [9.17, 15) is 23.3 Å². The zero-order chi connectivity index (χ0) is 26.3. The lowest BCUT2D eigenvalue weighted by atomic mass is 10.2. The van der Waals surface area contributed by atoms with Crippen LogP contribution in [0.5, 0.6) is 0 Å². The number of nitrogens with zero attached hydrogens (tertiary/aromatic N) is 2. The first-order valence-corrected chi connectivity index (χ1v) is 13.6. The molecule has 0 radical (unpaired) electrons. The fraction of sp³-hybridized carbons (Fsp3) is 0.0741. The van der Waals surface area contributed by atoms with Crippen molar-refractivity contribution in [1.29, 1.82) is 0 Å². The molecule has 0 heterocycles. The maximum Gasteiger partial charge on any atom is 0.269 e. The van der Waals surface area contributed by atoms with Crippen LogP contribution in [0.3, 0.4) is 0 Å². The van der Waals surface area contributed by atoms with E-state index in [-0.39, 0.29) is 16.3 Å². The quantitative estimate of drug-likeness (QED) is 0.159. The topological polar surface area (TPSA) is 110 Å². The standard InChI is InChI=1S/C27H23N3O5S2/c31-27(28-22-13-11-21(12-14-22)20-36-25-7-3-1-4-8-25)19-29(23-15-17-24(18-16-23)30(32)33)37(34,35)26-9-5-2-6-10-26/h1-18H,19-20H2,(H,28,31). The Morgan fingerprint density at radius 1 is 0.838 bits per heavy atom. The molecule has 4 rings (SSSR count). The number of thioether (sulfide) groups is 1. The number of anilines is 2. The molecule has 0 fully saturated rings. The molecule has 0 bridgehead atoms. The maximum absolute atomic E-state index is 13.4. The van der Waals surface area contributed by atoms with E-state index in [0.29, 0.717) is 5.69 Å². The van der Waals surface area contributed by atoms with Gasteiger partial charge in [0, 0.05) is 28.5 Å². The van der Waals surface area contributed by atoms with E-state index >= 15 is 0 Å². The van der Waals surface area contributed by atoms with Gasteiger partial charge in [0.1, 0.15) is 6.54 Å². The summed E-state index contributed by atoms with van der Waals surface area (Å²) in [6.45, 7) is -0.513. The predicted molar refractivity (Wildman–Crippen MR) is 145 cm³/mol. The summed E-state index contributed by atoms with van der Waals surface area (Å²) in [4.78, 5) is 24.5. The summed E-state index contributed by atoms with van der Waals surface area (Å²) in [7, 11) is -4.12. The van der Waals surface area contributed by atoms with Crippen molar-refractivity contribution < 1.29 is 18.1 Å². The van der Waals surface area contributed by atoms with E-state index in [2.05, 4.69) is 5.32 Å². The van der Waals surface area contributed by atoms with Gasteiger partial charge in [-0.2, -0.15) is 0 Å². The largest absolute Gasteiger partial charge is 0.325 e. The molecule has 37 heavy (non-hydrogen) atoms. The third kappa shape index (κ3) is 6.75. The number of nitro groups is 1. The predicted octanol–water partition coefficient (Wildman–Crippen LogP) is 5.72. The molecule has 8 nitrogen and oxygen atoms in total. The van der Waals surface area contributed by atoms with E-state index in [1.54, 1.807) is 42.1 Å². The summed E-state index contributed by atoms with van der Waals surface area (Å²) in [6, 6.07) is 30.1. The summed E-state index contributed by atoms with van der Waals surface area (Å²) >= 11 is 1.70. The van der Waals surface area contributed by atoms with Crippen molar-refractivity contribution in [2.75, 3.05) is 16.2 Å². The molecule has 10 heteroatoms. The third-order valence-corrected chi connectivity index (χ3v) is 8.22. The molecular weight excluding hydrogens is 510 g/mol. The lowest BCUT2D eigenvalue weighted by Gasteiger charge is -2.24. The molecule has 0 aliphatic rings. The van der Waals surface area contributed by atoms with Gasteiger partial charge in [-0.05, 0) is 54.1 Å². The first kappa shape index (κ1) is 25.9. The van der Waals surface area contributed by atoms with Crippen molar-refractivity contribution in [2.45, 2.75) is 15.5 Å². The highest BCUT2D eigenvalue weighted by Gasteiger charge is 2.27. The lowest BCUT2D eigenvalue weighted by molar-refractivity contribution is -0.384. The van der Waals surface area contributed by atoms with Crippen LogP contribution in [-0.2, 0) is 20.6 Å². The van der Waals surface area contributed by atoms with Crippen LogP contribution in [0, 0.1) is 10.1 Å². The molecular formula is C27H23N3O5S2. The average molecular weight is 534 g/mol. The van der Waals surface area contributed by atoms with E-state index in [1.807, 2.05) is 42.5 Å². The van der Waals surface area contributed by atoms with Crippen LogP contribution in [0.15, 0.2) is 119 Å². The van der Waals surface area contributed by atoms with Crippen LogP contribution >= 0.6 is 11.8 Å². The van der Waals surface area contributed by atoms with E-state index in [1.165, 1.54) is 36.4 Å². The van der Waals surface area contributed by atoms with Gasteiger partial charge < -0.3 is 5.32 Å². The van der Waals surface area contributed by atoms with E-state index < -0.39 is 27.4 Å². The Hall–Kier alpha value is -4.15. The Morgan fingerprint density at radius 3 is 2.03 bits per heavy atom. The van der Waals surface area contributed by atoms with Crippen LogP contribution in [0.2, 0.25) is 0 Å². The van der Waals surface area contributed by atoms with Crippen molar-refractivity contribution in [3.63, 3.8) is 0 Å². The number of nitrogens with one attached hydrogen (secondary N) is 1. The summed E-state index contributed by atoms with van der Waals surface area (Å²) < 4.78 is 27.7. The smallest absolute Gasteiger partial charge is 0.269 e. The van der Waals surface area contributed by atoms with E-state index in [0.717, 1.165) is 20.5 Å². The fourth-order valence-corrected chi connectivity index (χ4v) is 5.79. The van der Waals surface area contributed by atoms with Gasteiger partial charge in [-0.3, -0.25) is 19.2 Å². The number of rotatable bonds is 10. The van der Waals surface area contributed by atoms with E-state index in [4.69, 9.17) is 0 Å².